The van der Waals surface area contributed by atoms with E-state index in [-0.39, 0.29) is 0 Å². The van der Waals surface area contributed by atoms with E-state index in [0.29, 0.717) is 6.04 Å². The van der Waals surface area contributed by atoms with Gasteiger partial charge < -0.3 is 9.30 Å². The zero-order valence-corrected chi connectivity index (χ0v) is 15.8. The van der Waals surface area contributed by atoms with E-state index >= 15 is 0 Å². The van der Waals surface area contributed by atoms with Crippen molar-refractivity contribution in [2.24, 2.45) is 7.05 Å². The Morgan fingerprint density at radius 2 is 2.12 bits per heavy atom. The molecule has 2 heterocycles. The number of aromatic nitrogens is 3. The van der Waals surface area contributed by atoms with Gasteiger partial charge in [-0.3, -0.25) is 9.80 Å². The highest BCUT2D eigenvalue weighted by Crippen LogP contribution is 2.17. The topological polar surface area (TPSA) is 46.4 Å². The molecular weight excluding hydrogens is 314 g/mol. The van der Waals surface area contributed by atoms with Crippen LogP contribution < -0.4 is 4.74 Å². The second-order valence-corrected chi connectivity index (χ2v) is 7.05. The van der Waals surface area contributed by atoms with Crippen LogP contribution in [0.5, 0.6) is 5.75 Å². The van der Waals surface area contributed by atoms with Crippen LogP contribution in [-0.2, 0) is 13.6 Å². The van der Waals surface area contributed by atoms with E-state index < -0.39 is 0 Å². The van der Waals surface area contributed by atoms with Gasteiger partial charge in [0, 0.05) is 26.2 Å². The number of likely N-dealkylation sites (N-methyl/N-ethyl adjacent to an activating group) is 1. The number of rotatable bonds is 7. The number of likely N-dealkylation sites (tertiary alicyclic amines) is 1. The number of benzene rings is 1. The molecule has 0 N–H and O–H groups in total. The van der Waals surface area contributed by atoms with Gasteiger partial charge in [-0.05, 0) is 51.6 Å². The molecule has 1 saturated heterocycles. The third-order valence-corrected chi connectivity index (χ3v) is 5.11. The van der Waals surface area contributed by atoms with Gasteiger partial charge in [0.2, 0.25) is 0 Å². The lowest BCUT2D eigenvalue weighted by Crippen LogP contribution is -2.35. The number of hydrogen-bond donors (Lipinski definition) is 0. The smallest absolute Gasteiger partial charge is 0.146 e. The van der Waals surface area contributed by atoms with Crippen LogP contribution in [0.25, 0.3) is 0 Å². The summed E-state index contributed by atoms with van der Waals surface area (Å²) in [6, 6.07) is 8.81. The first-order chi connectivity index (χ1) is 12.0. The fraction of sp³-hybridized carbons (Fsp3) is 0.579. The highest BCUT2D eigenvalue weighted by Gasteiger charge is 2.26. The van der Waals surface area contributed by atoms with Gasteiger partial charge in [0.1, 0.15) is 24.0 Å². The van der Waals surface area contributed by atoms with Crippen LogP contribution in [0.4, 0.5) is 0 Å². The lowest BCUT2D eigenvalue weighted by atomic mass is 10.2. The first-order valence-electron chi connectivity index (χ1n) is 9.00. The van der Waals surface area contributed by atoms with Crippen molar-refractivity contribution < 1.29 is 4.74 Å². The van der Waals surface area contributed by atoms with Gasteiger partial charge in [0.05, 0.1) is 6.54 Å². The summed E-state index contributed by atoms with van der Waals surface area (Å²) in [4.78, 5) is 4.88. The lowest BCUT2D eigenvalue weighted by molar-refractivity contribution is 0.200. The van der Waals surface area contributed by atoms with Crippen molar-refractivity contribution in [3.05, 3.63) is 41.5 Å². The van der Waals surface area contributed by atoms with Crippen LogP contribution in [0.3, 0.4) is 0 Å². The standard InChI is InChI=1S/C19H29N5O/c1-15-6-5-7-18(12-15)25-11-10-24-9-8-17(13-24)22(3)14-19-21-20-16(2)23(19)4/h5-7,12,17H,8-11,13-14H2,1-4H3. The van der Waals surface area contributed by atoms with Gasteiger partial charge in [0.15, 0.2) is 0 Å². The first-order valence-corrected chi connectivity index (χ1v) is 9.00. The Balaban J connectivity index is 1.42. The van der Waals surface area contributed by atoms with Gasteiger partial charge in [-0.2, -0.15) is 0 Å². The molecule has 0 spiro atoms. The summed E-state index contributed by atoms with van der Waals surface area (Å²) in [5.74, 6) is 2.96. The van der Waals surface area contributed by atoms with E-state index in [9.17, 15) is 0 Å². The predicted molar refractivity (Wildman–Crippen MR) is 98.7 cm³/mol. The molecule has 136 valence electrons. The Morgan fingerprint density at radius 3 is 2.84 bits per heavy atom. The average molecular weight is 343 g/mol. The Morgan fingerprint density at radius 1 is 1.28 bits per heavy atom. The molecule has 0 bridgehead atoms. The largest absolute Gasteiger partial charge is 0.492 e. The molecular formula is C19H29N5O. The summed E-state index contributed by atoms with van der Waals surface area (Å²) in [5, 5.41) is 8.42. The van der Waals surface area contributed by atoms with Crippen molar-refractivity contribution in [2.75, 3.05) is 33.3 Å². The highest BCUT2D eigenvalue weighted by atomic mass is 16.5. The molecule has 1 unspecified atom stereocenters. The molecule has 0 radical (unpaired) electrons. The summed E-state index contributed by atoms with van der Waals surface area (Å²) in [6.45, 7) is 8.85. The Bertz CT molecular complexity index is 699. The van der Waals surface area contributed by atoms with Gasteiger partial charge in [-0.15, -0.1) is 10.2 Å². The van der Waals surface area contributed by atoms with E-state index in [1.54, 1.807) is 0 Å². The second kappa shape index (κ2) is 7.97. The van der Waals surface area contributed by atoms with Crippen LogP contribution in [0, 0.1) is 13.8 Å². The lowest BCUT2D eigenvalue weighted by Gasteiger charge is -2.24. The molecule has 1 fully saturated rings. The molecule has 1 aliphatic rings. The summed E-state index contributed by atoms with van der Waals surface area (Å²) >= 11 is 0. The van der Waals surface area contributed by atoms with Crippen LogP contribution in [0.15, 0.2) is 24.3 Å². The number of ether oxygens (including phenoxy) is 1. The molecule has 1 aromatic carbocycles. The Labute approximate surface area is 150 Å². The third-order valence-electron chi connectivity index (χ3n) is 5.11. The monoisotopic (exact) mass is 343 g/mol. The molecule has 1 atom stereocenters. The average Bonchev–Trinajstić information content (AvgIpc) is 3.17. The molecule has 6 heteroatoms. The van der Waals surface area contributed by atoms with E-state index in [1.165, 1.54) is 12.0 Å². The Hall–Kier alpha value is -1.92. The van der Waals surface area contributed by atoms with Crippen LogP contribution in [0.2, 0.25) is 0 Å². The molecule has 0 saturated carbocycles. The van der Waals surface area contributed by atoms with Gasteiger partial charge in [-0.1, -0.05) is 12.1 Å². The molecule has 1 aliphatic heterocycles. The van der Waals surface area contributed by atoms with E-state index in [2.05, 4.69) is 50.7 Å². The van der Waals surface area contributed by atoms with Crippen molar-refractivity contribution >= 4 is 0 Å². The second-order valence-electron chi connectivity index (χ2n) is 7.05. The summed E-state index contributed by atoms with van der Waals surface area (Å²) < 4.78 is 7.95. The van der Waals surface area contributed by atoms with Gasteiger partial charge in [0.25, 0.3) is 0 Å². The number of hydrogen-bond acceptors (Lipinski definition) is 5. The predicted octanol–water partition coefficient (Wildman–Crippen LogP) is 2.02. The molecule has 2 aromatic rings. The van der Waals surface area contributed by atoms with Crippen LogP contribution in [0.1, 0.15) is 23.6 Å². The van der Waals surface area contributed by atoms with Crippen molar-refractivity contribution in [1.82, 2.24) is 24.6 Å². The molecule has 25 heavy (non-hydrogen) atoms. The molecule has 1 aromatic heterocycles. The van der Waals surface area contributed by atoms with Gasteiger partial charge in [-0.25, -0.2) is 0 Å². The van der Waals surface area contributed by atoms with E-state index in [1.807, 2.05) is 26.1 Å². The van der Waals surface area contributed by atoms with Crippen molar-refractivity contribution in [1.29, 1.82) is 0 Å². The fourth-order valence-electron chi connectivity index (χ4n) is 3.31. The maximum atomic E-state index is 5.88. The third kappa shape index (κ3) is 4.58. The molecule has 6 nitrogen and oxygen atoms in total. The number of nitrogens with zero attached hydrogens (tertiary/aromatic N) is 5. The zero-order chi connectivity index (χ0) is 17.8. The number of aryl methyl sites for hydroxylation is 2. The molecule has 3 rings (SSSR count). The van der Waals surface area contributed by atoms with E-state index in [0.717, 1.165) is 50.2 Å². The minimum Gasteiger partial charge on any atom is -0.492 e. The van der Waals surface area contributed by atoms with Gasteiger partial charge >= 0.3 is 0 Å². The maximum absolute atomic E-state index is 5.88. The molecule has 0 aliphatic carbocycles. The highest BCUT2D eigenvalue weighted by molar-refractivity contribution is 5.27. The van der Waals surface area contributed by atoms with Crippen molar-refractivity contribution in [3.63, 3.8) is 0 Å². The summed E-state index contributed by atoms with van der Waals surface area (Å²) in [6.07, 6.45) is 1.19. The van der Waals surface area contributed by atoms with Crippen molar-refractivity contribution in [3.8, 4) is 5.75 Å². The van der Waals surface area contributed by atoms with Crippen LogP contribution in [-0.4, -0.2) is 63.9 Å². The summed E-state index contributed by atoms with van der Waals surface area (Å²) in [5.41, 5.74) is 1.24. The zero-order valence-electron chi connectivity index (χ0n) is 15.8. The normalized spacial score (nSPS) is 18.2. The quantitative estimate of drug-likeness (QED) is 0.770. The molecule has 0 amide bonds. The minimum absolute atomic E-state index is 0.566. The first kappa shape index (κ1) is 17.9. The maximum Gasteiger partial charge on any atom is 0.146 e. The SMILES string of the molecule is Cc1cccc(OCCN2CCC(N(C)Cc3nnc(C)n3C)C2)c1. The summed E-state index contributed by atoms with van der Waals surface area (Å²) in [7, 11) is 4.21. The Kier molecular flexibility index (Phi) is 5.71. The van der Waals surface area contributed by atoms with Crippen molar-refractivity contribution in [2.45, 2.75) is 32.9 Å². The van der Waals surface area contributed by atoms with Crippen LogP contribution >= 0.6 is 0 Å². The minimum atomic E-state index is 0.566. The fourth-order valence-corrected chi connectivity index (χ4v) is 3.31. The van der Waals surface area contributed by atoms with E-state index in [4.69, 9.17) is 4.74 Å².